The molecular formula is C17H21N3O. The molecule has 0 spiro atoms. The van der Waals surface area contributed by atoms with Crippen LogP contribution in [-0.2, 0) is 17.8 Å². The number of anilines is 2. The molecule has 0 unspecified atom stereocenters. The Hall–Kier alpha value is -2.33. The number of amides is 1. The zero-order chi connectivity index (χ0) is 15.2. The Bertz CT molecular complexity index is 623. The van der Waals surface area contributed by atoms with Gasteiger partial charge in [0.25, 0.3) is 0 Å². The minimum Gasteiger partial charge on any atom is -0.378 e. The van der Waals surface area contributed by atoms with Gasteiger partial charge in [-0.15, -0.1) is 0 Å². The van der Waals surface area contributed by atoms with E-state index in [1.54, 1.807) is 0 Å². The smallest absolute Gasteiger partial charge is 0.228 e. The van der Waals surface area contributed by atoms with Gasteiger partial charge in [-0.2, -0.15) is 0 Å². The van der Waals surface area contributed by atoms with Gasteiger partial charge in [0.1, 0.15) is 0 Å². The minimum atomic E-state index is -0.0354. The third-order valence-electron chi connectivity index (χ3n) is 3.34. The van der Waals surface area contributed by atoms with Crippen LogP contribution in [0, 0.1) is 0 Å². The summed E-state index contributed by atoms with van der Waals surface area (Å²) in [6.45, 7) is 0.444. The second kappa shape index (κ2) is 6.90. The molecule has 3 N–H and O–H groups in total. The molecule has 0 aliphatic carbocycles. The summed E-state index contributed by atoms with van der Waals surface area (Å²) >= 11 is 0. The fraction of sp³-hybridized carbons (Fsp3) is 0.235. The molecule has 2 aromatic rings. The summed E-state index contributed by atoms with van der Waals surface area (Å²) in [5.74, 6) is -0.0354. The maximum Gasteiger partial charge on any atom is 0.228 e. The molecule has 110 valence electrons. The van der Waals surface area contributed by atoms with Crippen molar-refractivity contribution in [3.63, 3.8) is 0 Å². The molecule has 2 rings (SSSR count). The van der Waals surface area contributed by atoms with Crippen molar-refractivity contribution in [2.24, 2.45) is 5.73 Å². The molecule has 4 heteroatoms. The zero-order valence-corrected chi connectivity index (χ0v) is 12.5. The Kier molecular flexibility index (Phi) is 4.95. The lowest BCUT2D eigenvalue weighted by Crippen LogP contribution is -2.16. The first-order valence-electron chi connectivity index (χ1n) is 6.94. The molecule has 0 aromatic heterocycles. The number of benzene rings is 2. The fourth-order valence-corrected chi connectivity index (χ4v) is 2.17. The summed E-state index contributed by atoms with van der Waals surface area (Å²) in [6, 6.07) is 15.5. The fourth-order valence-electron chi connectivity index (χ4n) is 2.17. The summed E-state index contributed by atoms with van der Waals surface area (Å²) in [4.78, 5) is 14.2. The standard InChI is InChI=1S/C17H21N3O/c1-20(2)16-9-5-8-15(11-16)19-17(21)10-13-6-3-4-7-14(13)12-18/h3-9,11H,10,12,18H2,1-2H3,(H,19,21). The monoisotopic (exact) mass is 283 g/mol. The molecule has 0 radical (unpaired) electrons. The van der Waals surface area contributed by atoms with Gasteiger partial charge in [0, 0.05) is 32.0 Å². The Morgan fingerprint density at radius 1 is 1.10 bits per heavy atom. The largest absolute Gasteiger partial charge is 0.378 e. The van der Waals surface area contributed by atoms with Crippen molar-refractivity contribution >= 4 is 17.3 Å². The SMILES string of the molecule is CN(C)c1cccc(NC(=O)Cc2ccccc2CN)c1. The van der Waals surface area contributed by atoms with Gasteiger partial charge in [-0.25, -0.2) is 0 Å². The summed E-state index contributed by atoms with van der Waals surface area (Å²) < 4.78 is 0. The van der Waals surface area contributed by atoms with Crippen molar-refractivity contribution in [2.75, 3.05) is 24.3 Å². The van der Waals surface area contributed by atoms with E-state index >= 15 is 0 Å². The van der Waals surface area contributed by atoms with Crippen LogP contribution < -0.4 is 16.0 Å². The van der Waals surface area contributed by atoms with E-state index in [2.05, 4.69) is 5.32 Å². The van der Waals surface area contributed by atoms with E-state index in [0.717, 1.165) is 22.5 Å². The zero-order valence-electron chi connectivity index (χ0n) is 12.5. The lowest BCUT2D eigenvalue weighted by Gasteiger charge is -2.14. The number of nitrogens with one attached hydrogen (secondary N) is 1. The molecular weight excluding hydrogens is 262 g/mol. The number of carbonyl (C=O) groups excluding carboxylic acids is 1. The third-order valence-corrected chi connectivity index (χ3v) is 3.34. The Labute approximate surface area is 125 Å². The summed E-state index contributed by atoms with van der Waals surface area (Å²) in [6.07, 6.45) is 0.333. The van der Waals surface area contributed by atoms with Crippen molar-refractivity contribution < 1.29 is 4.79 Å². The summed E-state index contributed by atoms with van der Waals surface area (Å²) in [5, 5.41) is 2.93. The Balaban J connectivity index is 2.06. The van der Waals surface area contributed by atoms with E-state index < -0.39 is 0 Å². The third kappa shape index (κ3) is 4.07. The van der Waals surface area contributed by atoms with Crippen LogP contribution in [0.15, 0.2) is 48.5 Å². The van der Waals surface area contributed by atoms with Gasteiger partial charge in [0.15, 0.2) is 0 Å². The number of nitrogens with zero attached hydrogens (tertiary/aromatic N) is 1. The highest BCUT2D eigenvalue weighted by atomic mass is 16.1. The maximum absolute atomic E-state index is 12.2. The molecule has 0 heterocycles. The van der Waals surface area contributed by atoms with Gasteiger partial charge in [-0.05, 0) is 29.3 Å². The van der Waals surface area contributed by atoms with Crippen LogP contribution in [0.4, 0.5) is 11.4 Å². The molecule has 0 saturated heterocycles. The van der Waals surface area contributed by atoms with Crippen LogP contribution in [0.25, 0.3) is 0 Å². The number of nitrogens with two attached hydrogens (primary N) is 1. The summed E-state index contributed by atoms with van der Waals surface area (Å²) in [7, 11) is 3.94. The quantitative estimate of drug-likeness (QED) is 0.886. The second-order valence-electron chi connectivity index (χ2n) is 5.14. The highest BCUT2D eigenvalue weighted by molar-refractivity contribution is 5.92. The number of hydrogen-bond donors (Lipinski definition) is 2. The van der Waals surface area contributed by atoms with Crippen LogP contribution in [0.2, 0.25) is 0 Å². The number of hydrogen-bond acceptors (Lipinski definition) is 3. The predicted octanol–water partition coefficient (Wildman–Crippen LogP) is 2.39. The Morgan fingerprint density at radius 3 is 2.48 bits per heavy atom. The van der Waals surface area contributed by atoms with E-state index in [1.807, 2.05) is 67.5 Å². The van der Waals surface area contributed by atoms with Gasteiger partial charge in [-0.1, -0.05) is 30.3 Å². The van der Waals surface area contributed by atoms with Crippen LogP contribution in [0.3, 0.4) is 0 Å². The molecule has 0 atom stereocenters. The molecule has 0 fully saturated rings. The first-order valence-corrected chi connectivity index (χ1v) is 6.94. The number of rotatable bonds is 5. The highest BCUT2D eigenvalue weighted by Crippen LogP contribution is 2.18. The molecule has 2 aromatic carbocycles. The average Bonchev–Trinajstić information content (AvgIpc) is 2.48. The first-order chi connectivity index (χ1) is 10.1. The Morgan fingerprint density at radius 2 is 1.81 bits per heavy atom. The van der Waals surface area contributed by atoms with Crippen molar-refractivity contribution in [3.8, 4) is 0 Å². The first kappa shape index (κ1) is 15.1. The van der Waals surface area contributed by atoms with Crippen LogP contribution in [0.5, 0.6) is 0 Å². The van der Waals surface area contributed by atoms with E-state index in [1.165, 1.54) is 0 Å². The lowest BCUT2D eigenvalue weighted by molar-refractivity contribution is -0.115. The highest BCUT2D eigenvalue weighted by Gasteiger charge is 2.08. The predicted molar refractivity (Wildman–Crippen MR) is 87.4 cm³/mol. The van der Waals surface area contributed by atoms with Gasteiger partial charge in [0.2, 0.25) is 5.91 Å². The van der Waals surface area contributed by atoms with Crippen molar-refractivity contribution in [2.45, 2.75) is 13.0 Å². The average molecular weight is 283 g/mol. The molecule has 0 bridgehead atoms. The second-order valence-corrected chi connectivity index (χ2v) is 5.14. The lowest BCUT2D eigenvalue weighted by atomic mass is 10.0. The minimum absolute atomic E-state index is 0.0354. The maximum atomic E-state index is 12.2. The molecule has 0 aliphatic heterocycles. The van der Waals surface area contributed by atoms with Crippen LogP contribution in [-0.4, -0.2) is 20.0 Å². The normalized spacial score (nSPS) is 10.2. The summed E-state index contributed by atoms with van der Waals surface area (Å²) in [5.41, 5.74) is 9.53. The van der Waals surface area contributed by atoms with Gasteiger partial charge < -0.3 is 16.0 Å². The molecule has 21 heavy (non-hydrogen) atoms. The molecule has 4 nitrogen and oxygen atoms in total. The van der Waals surface area contributed by atoms with Crippen molar-refractivity contribution in [3.05, 3.63) is 59.7 Å². The van der Waals surface area contributed by atoms with Gasteiger partial charge in [0.05, 0.1) is 6.42 Å². The van der Waals surface area contributed by atoms with Crippen LogP contribution in [0.1, 0.15) is 11.1 Å². The topological polar surface area (TPSA) is 58.4 Å². The molecule has 0 aliphatic rings. The van der Waals surface area contributed by atoms with E-state index in [4.69, 9.17) is 5.73 Å². The van der Waals surface area contributed by atoms with Gasteiger partial charge in [-0.3, -0.25) is 4.79 Å². The van der Waals surface area contributed by atoms with Gasteiger partial charge >= 0.3 is 0 Å². The van der Waals surface area contributed by atoms with Crippen LogP contribution >= 0.6 is 0 Å². The van der Waals surface area contributed by atoms with E-state index in [0.29, 0.717) is 13.0 Å². The molecule has 0 saturated carbocycles. The van der Waals surface area contributed by atoms with E-state index in [9.17, 15) is 4.79 Å². The molecule has 1 amide bonds. The van der Waals surface area contributed by atoms with Crippen molar-refractivity contribution in [1.82, 2.24) is 0 Å². The van der Waals surface area contributed by atoms with Crippen molar-refractivity contribution in [1.29, 1.82) is 0 Å². The number of carbonyl (C=O) groups is 1. The van der Waals surface area contributed by atoms with E-state index in [-0.39, 0.29) is 5.91 Å².